The molecule has 0 fully saturated rings. The van der Waals surface area contributed by atoms with Gasteiger partial charge in [0.1, 0.15) is 0 Å². The van der Waals surface area contributed by atoms with Crippen LogP contribution in [-0.4, -0.2) is 23.8 Å². The van der Waals surface area contributed by atoms with E-state index in [0.717, 1.165) is 22.2 Å². The van der Waals surface area contributed by atoms with Gasteiger partial charge in [-0.05, 0) is 41.5 Å². The van der Waals surface area contributed by atoms with Crippen LogP contribution in [0.5, 0.6) is 0 Å². The molecule has 11 aromatic rings. The summed E-state index contributed by atoms with van der Waals surface area (Å²) < 4.78 is 5.05. The van der Waals surface area contributed by atoms with Crippen LogP contribution < -0.4 is 0 Å². The second-order valence-electron chi connectivity index (χ2n) is 14.8. The van der Waals surface area contributed by atoms with Gasteiger partial charge in [0.2, 0.25) is 0 Å². The van der Waals surface area contributed by atoms with Gasteiger partial charge in [0, 0.05) is 54.4 Å². The van der Waals surface area contributed by atoms with E-state index in [1.807, 2.05) is 36.4 Å². The summed E-state index contributed by atoms with van der Waals surface area (Å²) in [4.78, 5) is 15.5. The van der Waals surface area contributed by atoms with Gasteiger partial charge in [0.05, 0.1) is 33.1 Å². The van der Waals surface area contributed by atoms with Crippen LogP contribution in [0.3, 0.4) is 0 Å². The number of nitrogens with zero attached hydrogens (tertiary/aromatic N) is 5. The lowest BCUT2D eigenvalue weighted by Crippen LogP contribution is -2.15. The Morgan fingerprint density at radius 2 is 0.887 bits per heavy atom. The van der Waals surface area contributed by atoms with Crippen molar-refractivity contribution in [1.82, 2.24) is 23.8 Å². The second-order valence-corrected chi connectivity index (χ2v) is 14.8. The summed E-state index contributed by atoms with van der Waals surface area (Å²) in [7, 11) is 0. The average Bonchev–Trinajstić information content (AvgIpc) is 3.81. The van der Waals surface area contributed by atoms with Gasteiger partial charge in [0.25, 0.3) is 0 Å². The molecule has 0 aliphatic heterocycles. The molecule has 0 radical (unpaired) electrons. The Morgan fingerprint density at radius 3 is 1.53 bits per heavy atom. The van der Waals surface area contributed by atoms with E-state index in [1.165, 1.54) is 71.0 Å². The van der Waals surface area contributed by atoms with Crippen LogP contribution in [0.25, 0.3) is 99.6 Å². The van der Waals surface area contributed by atoms with Crippen molar-refractivity contribution in [2.24, 2.45) is 0 Å². The lowest BCUT2D eigenvalue weighted by atomic mass is 9.81. The molecule has 0 saturated carbocycles. The predicted molar refractivity (Wildman–Crippen MR) is 218 cm³/mol. The quantitative estimate of drug-likeness (QED) is 0.187. The maximum absolute atomic E-state index is 5.22. The number of para-hydroxylation sites is 3. The Kier molecular flexibility index (Phi) is 5.51. The highest BCUT2D eigenvalue weighted by atomic mass is 15.0. The van der Waals surface area contributed by atoms with E-state index in [-0.39, 0.29) is 5.41 Å². The largest absolute Gasteiger partial charge is 0.307 e. The fourth-order valence-electron chi connectivity index (χ4n) is 9.28. The standard InChI is InChI=1S/C48H31N5/c1-48(2)35-25-24-34-32-19-10-11-21-37(32)52-39-23-13-20-33-31-18-9-12-22-38(31)53(43(33)39)40-27-30(26-36(48)41(40)42(35)44(34)52)47-50-45(28-14-5-3-6-15-28)49-46(51-47)29-16-7-4-8-17-29/h3-27H,1-2H3. The van der Waals surface area contributed by atoms with Gasteiger partial charge in [-0.15, -0.1) is 0 Å². The molecular weight excluding hydrogens is 647 g/mol. The molecule has 0 atom stereocenters. The topological polar surface area (TPSA) is 47.5 Å². The van der Waals surface area contributed by atoms with E-state index in [4.69, 9.17) is 15.0 Å². The SMILES string of the molecule is CC1(C)c2cc(-c3nc(-c4ccccc4)nc(-c4ccccc4)n3)cc3c2c2c1ccc1c4ccccc4n(c4cccc5c6ccccc6n3c54)c12. The van der Waals surface area contributed by atoms with Crippen LogP contribution in [-0.2, 0) is 5.41 Å². The first kappa shape index (κ1) is 28.8. The molecular formula is C48H31N5. The first-order valence-corrected chi connectivity index (χ1v) is 18.2. The zero-order valence-electron chi connectivity index (χ0n) is 29.2. The molecule has 0 spiro atoms. The van der Waals surface area contributed by atoms with Crippen molar-refractivity contribution in [2.45, 2.75) is 19.3 Å². The van der Waals surface area contributed by atoms with E-state index in [0.29, 0.717) is 17.5 Å². The van der Waals surface area contributed by atoms with Gasteiger partial charge in [-0.25, -0.2) is 15.0 Å². The van der Waals surface area contributed by atoms with Crippen LogP contribution in [0.2, 0.25) is 0 Å². The van der Waals surface area contributed by atoms with Crippen LogP contribution >= 0.6 is 0 Å². The third kappa shape index (κ3) is 3.73. The van der Waals surface area contributed by atoms with E-state index in [1.54, 1.807) is 0 Å². The summed E-state index contributed by atoms with van der Waals surface area (Å²) in [5.41, 5.74) is 12.4. The number of aromatic nitrogens is 5. The molecule has 7 aromatic carbocycles. The average molecular weight is 678 g/mol. The molecule has 0 bridgehead atoms. The highest BCUT2D eigenvalue weighted by Crippen LogP contribution is 2.52. The summed E-state index contributed by atoms with van der Waals surface area (Å²) in [6.07, 6.45) is 0. The molecule has 1 aliphatic carbocycles. The molecule has 4 aromatic heterocycles. The third-order valence-corrected chi connectivity index (χ3v) is 11.7. The van der Waals surface area contributed by atoms with Crippen LogP contribution in [0.1, 0.15) is 25.0 Å². The lowest BCUT2D eigenvalue weighted by Gasteiger charge is -2.22. The Hall–Kier alpha value is -6.85. The van der Waals surface area contributed by atoms with Crippen molar-refractivity contribution in [3.05, 3.63) is 163 Å². The predicted octanol–water partition coefficient (Wildman–Crippen LogP) is 11.8. The van der Waals surface area contributed by atoms with E-state index < -0.39 is 0 Å². The summed E-state index contributed by atoms with van der Waals surface area (Å²) in [5, 5.41) is 7.60. The van der Waals surface area contributed by atoms with Crippen molar-refractivity contribution in [1.29, 1.82) is 0 Å². The molecule has 53 heavy (non-hydrogen) atoms. The van der Waals surface area contributed by atoms with Crippen molar-refractivity contribution in [3.8, 4) is 34.2 Å². The maximum atomic E-state index is 5.22. The Bertz CT molecular complexity index is 3300. The number of fused-ring (bicyclic) bond motifs is 8. The summed E-state index contributed by atoms with van der Waals surface area (Å²) >= 11 is 0. The second kappa shape index (κ2) is 10.1. The monoisotopic (exact) mass is 677 g/mol. The first-order chi connectivity index (χ1) is 26.1. The number of hydrogen-bond acceptors (Lipinski definition) is 3. The van der Waals surface area contributed by atoms with E-state index >= 15 is 0 Å². The van der Waals surface area contributed by atoms with E-state index in [9.17, 15) is 0 Å². The van der Waals surface area contributed by atoms with Gasteiger partial charge < -0.3 is 8.80 Å². The molecule has 0 unspecified atom stereocenters. The molecule has 0 amide bonds. The molecule has 4 heterocycles. The van der Waals surface area contributed by atoms with Crippen molar-refractivity contribution < 1.29 is 0 Å². The minimum atomic E-state index is -0.291. The highest BCUT2D eigenvalue weighted by molar-refractivity contribution is 6.26. The maximum Gasteiger partial charge on any atom is 0.164 e. The fourth-order valence-corrected chi connectivity index (χ4v) is 9.28. The van der Waals surface area contributed by atoms with E-state index in [2.05, 4.69) is 138 Å². The fraction of sp³-hybridized carbons (Fsp3) is 0.0625. The molecule has 5 heteroatoms. The van der Waals surface area contributed by atoms with Crippen LogP contribution in [0, 0.1) is 0 Å². The molecule has 0 saturated heterocycles. The Labute approximate surface area is 304 Å². The smallest absolute Gasteiger partial charge is 0.164 e. The van der Waals surface area contributed by atoms with Gasteiger partial charge >= 0.3 is 0 Å². The zero-order chi connectivity index (χ0) is 35.0. The Balaban J connectivity index is 1.33. The van der Waals surface area contributed by atoms with Crippen molar-refractivity contribution >= 4 is 65.4 Å². The minimum absolute atomic E-state index is 0.291. The number of hydrogen-bond donors (Lipinski definition) is 0. The lowest BCUT2D eigenvalue weighted by molar-refractivity contribution is 0.663. The van der Waals surface area contributed by atoms with Gasteiger partial charge in [-0.1, -0.05) is 135 Å². The van der Waals surface area contributed by atoms with Gasteiger partial charge in [-0.3, -0.25) is 0 Å². The molecule has 248 valence electrons. The van der Waals surface area contributed by atoms with Gasteiger partial charge in [0.15, 0.2) is 17.5 Å². The van der Waals surface area contributed by atoms with Crippen molar-refractivity contribution in [3.63, 3.8) is 0 Å². The summed E-state index contributed by atoms with van der Waals surface area (Å²) in [5.74, 6) is 1.97. The number of benzene rings is 7. The van der Waals surface area contributed by atoms with Crippen LogP contribution in [0.15, 0.2) is 152 Å². The summed E-state index contributed by atoms with van der Waals surface area (Å²) in [6, 6.07) is 54.4. The first-order valence-electron chi connectivity index (χ1n) is 18.2. The molecule has 1 aliphatic rings. The summed E-state index contributed by atoms with van der Waals surface area (Å²) in [6.45, 7) is 4.74. The highest BCUT2D eigenvalue weighted by Gasteiger charge is 2.37. The van der Waals surface area contributed by atoms with Crippen LogP contribution in [0.4, 0.5) is 0 Å². The molecule has 5 nitrogen and oxygen atoms in total. The Morgan fingerprint density at radius 1 is 0.377 bits per heavy atom. The zero-order valence-corrected chi connectivity index (χ0v) is 29.2. The van der Waals surface area contributed by atoms with Crippen molar-refractivity contribution in [2.75, 3.05) is 0 Å². The third-order valence-electron chi connectivity index (χ3n) is 11.7. The minimum Gasteiger partial charge on any atom is -0.307 e. The normalized spacial score (nSPS) is 13.6. The van der Waals surface area contributed by atoms with Gasteiger partial charge in [-0.2, -0.15) is 0 Å². The molecule has 0 N–H and O–H groups in total. The molecule has 12 rings (SSSR count). The number of rotatable bonds is 3.